The van der Waals surface area contributed by atoms with Gasteiger partial charge in [-0.05, 0) is 24.6 Å². The van der Waals surface area contributed by atoms with Gasteiger partial charge in [-0.25, -0.2) is 4.98 Å². The zero-order chi connectivity index (χ0) is 12.0. The van der Waals surface area contributed by atoms with Crippen molar-refractivity contribution in [1.82, 2.24) is 4.98 Å². The third-order valence-electron chi connectivity index (χ3n) is 2.84. The molecule has 1 aliphatic heterocycles. The van der Waals surface area contributed by atoms with Crippen LogP contribution in [-0.4, -0.2) is 22.8 Å². The molecule has 2 heterocycles. The summed E-state index contributed by atoms with van der Waals surface area (Å²) in [4.78, 5) is 17.9. The SMILES string of the molecule is Cc1ccc2nc(N3CC(Cl)CC3=O)sc2c1. The zero-order valence-electron chi connectivity index (χ0n) is 9.31. The number of amides is 1. The van der Waals surface area contributed by atoms with Crippen LogP contribution in [-0.2, 0) is 4.79 Å². The number of rotatable bonds is 1. The van der Waals surface area contributed by atoms with Crippen LogP contribution in [0.5, 0.6) is 0 Å². The van der Waals surface area contributed by atoms with Gasteiger partial charge in [0.1, 0.15) is 0 Å². The molecule has 1 aromatic carbocycles. The van der Waals surface area contributed by atoms with Gasteiger partial charge in [0, 0.05) is 13.0 Å². The molecule has 5 heteroatoms. The van der Waals surface area contributed by atoms with Crippen molar-refractivity contribution < 1.29 is 4.79 Å². The second-order valence-corrected chi connectivity index (χ2v) is 5.90. The summed E-state index contributed by atoms with van der Waals surface area (Å²) in [6.45, 7) is 2.62. The smallest absolute Gasteiger partial charge is 0.230 e. The number of carbonyl (C=O) groups excluding carboxylic acids is 1. The van der Waals surface area contributed by atoms with Gasteiger partial charge < -0.3 is 0 Å². The molecule has 0 bridgehead atoms. The number of hydrogen-bond donors (Lipinski definition) is 0. The van der Waals surface area contributed by atoms with E-state index in [2.05, 4.69) is 18.0 Å². The Morgan fingerprint density at radius 3 is 3.06 bits per heavy atom. The lowest BCUT2D eigenvalue weighted by Crippen LogP contribution is -2.24. The number of halogens is 1. The Balaban J connectivity index is 2.03. The monoisotopic (exact) mass is 266 g/mol. The Kier molecular flexibility index (Phi) is 2.56. The Bertz CT molecular complexity index is 595. The zero-order valence-corrected chi connectivity index (χ0v) is 10.9. The fourth-order valence-corrected chi connectivity index (χ4v) is 3.34. The maximum Gasteiger partial charge on any atom is 0.230 e. The lowest BCUT2D eigenvalue weighted by Gasteiger charge is -2.10. The van der Waals surface area contributed by atoms with Crippen LogP contribution in [0.25, 0.3) is 10.2 Å². The van der Waals surface area contributed by atoms with E-state index in [9.17, 15) is 4.79 Å². The summed E-state index contributed by atoms with van der Waals surface area (Å²) in [5.74, 6) is 0.0702. The summed E-state index contributed by atoms with van der Waals surface area (Å²) < 4.78 is 1.12. The molecule has 0 aliphatic carbocycles. The van der Waals surface area contributed by atoms with E-state index in [1.54, 1.807) is 16.2 Å². The first kappa shape index (κ1) is 11.0. The van der Waals surface area contributed by atoms with Gasteiger partial charge in [-0.3, -0.25) is 9.69 Å². The first-order valence-corrected chi connectivity index (χ1v) is 6.70. The number of fused-ring (bicyclic) bond motifs is 1. The summed E-state index contributed by atoms with van der Waals surface area (Å²) in [7, 11) is 0. The Labute approximate surface area is 108 Å². The van der Waals surface area contributed by atoms with Crippen LogP contribution in [0.1, 0.15) is 12.0 Å². The number of alkyl halides is 1. The minimum atomic E-state index is -0.0868. The Hall–Kier alpha value is -1.13. The normalized spacial score (nSPS) is 20.5. The Morgan fingerprint density at radius 2 is 2.35 bits per heavy atom. The van der Waals surface area contributed by atoms with Crippen molar-refractivity contribution in [2.45, 2.75) is 18.7 Å². The predicted octanol–water partition coefficient (Wildman–Crippen LogP) is 2.95. The highest BCUT2D eigenvalue weighted by Crippen LogP contribution is 2.32. The van der Waals surface area contributed by atoms with Gasteiger partial charge in [0.15, 0.2) is 5.13 Å². The highest BCUT2D eigenvalue weighted by molar-refractivity contribution is 7.22. The van der Waals surface area contributed by atoms with Crippen molar-refractivity contribution in [3.63, 3.8) is 0 Å². The van der Waals surface area contributed by atoms with Gasteiger partial charge in [0.2, 0.25) is 5.91 Å². The quantitative estimate of drug-likeness (QED) is 0.744. The van der Waals surface area contributed by atoms with Crippen LogP contribution in [0.2, 0.25) is 0 Å². The molecule has 3 rings (SSSR count). The lowest BCUT2D eigenvalue weighted by atomic mass is 10.2. The van der Waals surface area contributed by atoms with E-state index in [4.69, 9.17) is 11.6 Å². The maximum absolute atomic E-state index is 11.7. The standard InChI is InChI=1S/C12H11ClN2OS/c1-7-2-3-9-10(4-7)17-12(14-9)15-6-8(13)5-11(15)16/h2-4,8H,5-6H2,1H3. The molecule has 3 nitrogen and oxygen atoms in total. The van der Waals surface area contributed by atoms with E-state index in [1.807, 2.05) is 12.1 Å². The van der Waals surface area contributed by atoms with Crippen molar-refractivity contribution in [2.24, 2.45) is 0 Å². The first-order chi connectivity index (χ1) is 8.13. The molecule has 0 spiro atoms. The molecule has 1 aromatic heterocycles. The lowest BCUT2D eigenvalue weighted by molar-refractivity contribution is -0.117. The largest absolute Gasteiger partial charge is 0.287 e. The molecular formula is C12H11ClN2OS. The van der Waals surface area contributed by atoms with Crippen molar-refractivity contribution >= 4 is 44.2 Å². The average molecular weight is 267 g/mol. The van der Waals surface area contributed by atoms with Crippen molar-refractivity contribution in [1.29, 1.82) is 0 Å². The van der Waals surface area contributed by atoms with E-state index in [0.29, 0.717) is 13.0 Å². The maximum atomic E-state index is 11.7. The van der Waals surface area contributed by atoms with Gasteiger partial charge >= 0.3 is 0 Å². The van der Waals surface area contributed by atoms with Crippen LogP contribution < -0.4 is 4.90 Å². The molecular weight excluding hydrogens is 256 g/mol. The van der Waals surface area contributed by atoms with E-state index in [-0.39, 0.29) is 11.3 Å². The number of carbonyl (C=O) groups is 1. The van der Waals surface area contributed by atoms with Crippen LogP contribution in [0, 0.1) is 6.92 Å². The predicted molar refractivity (Wildman–Crippen MR) is 71.0 cm³/mol. The average Bonchev–Trinajstić information content (AvgIpc) is 2.80. The molecule has 0 saturated carbocycles. The molecule has 1 atom stereocenters. The Morgan fingerprint density at radius 1 is 1.53 bits per heavy atom. The highest BCUT2D eigenvalue weighted by atomic mass is 35.5. The molecule has 1 aliphatic rings. The van der Waals surface area contributed by atoms with Crippen molar-refractivity contribution in [2.75, 3.05) is 11.4 Å². The fraction of sp³-hybridized carbons (Fsp3) is 0.333. The molecule has 0 radical (unpaired) electrons. The summed E-state index contributed by atoms with van der Waals surface area (Å²) >= 11 is 7.54. The van der Waals surface area contributed by atoms with Crippen LogP contribution >= 0.6 is 22.9 Å². The van der Waals surface area contributed by atoms with Gasteiger partial charge in [0.25, 0.3) is 0 Å². The summed E-state index contributed by atoms with van der Waals surface area (Å²) in [6.07, 6.45) is 0.413. The summed E-state index contributed by atoms with van der Waals surface area (Å²) in [5.41, 5.74) is 2.15. The minimum Gasteiger partial charge on any atom is -0.287 e. The number of anilines is 1. The van der Waals surface area contributed by atoms with Crippen LogP contribution in [0.3, 0.4) is 0 Å². The third-order valence-corrected chi connectivity index (χ3v) is 4.17. The molecule has 1 fully saturated rings. The van der Waals surface area contributed by atoms with Gasteiger partial charge in [-0.2, -0.15) is 0 Å². The second-order valence-electron chi connectivity index (χ2n) is 4.27. The van der Waals surface area contributed by atoms with Crippen LogP contribution in [0.4, 0.5) is 5.13 Å². The van der Waals surface area contributed by atoms with E-state index >= 15 is 0 Å². The van der Waals surface area contributed by atoms with Gasteiger partial charge in [0.05, 0.1) is 15.6 Å². The number of aryl methyl sites for hydroxylation is 1. The molecule has 1 saturated heterocycles. The minimum absolute atomic E-state index is 0.0702. The highest BCUT2D eigenvalue weighted by Gasteiger charge is 2.31. The number of aromatic nitrogens is 1. The molecule has 17 heavy (non-hydrogen) atoms. The van der Waals surface area contributed by atoms with Gasteiger partial charge in [-0.1, -0.05) is 17.4 Å². The second kappa shape index (κ2) is 3.96. The first-order valence-electron chi connectivity index (χ1n) is 5.45. The van der Waals surface area contributed by atoms with Gasteiger partial charge in [-0.15, -0.1) is 11.6 Å². The molecule has 88 valence electrons. The molecule has 0 N–H and O–H groups in total. The fourth-order valence-electron chi connectivity index (χ4n) is 1.98. The summed E-state index contributed by atoms with van der Waals surface area (Å²) in [5, 5.41) is 0.676. The van der Waals surface area contributed by atoms with Crippen molar-refractivity contribution in [3.8, 4) is 0 Å². The number of benzene rings is 1. The van der Waals surface area contributed by atoms with E-state index in [0.717, 1.165) is 15.3 Å². The number of nitrogens with zero attached hydrogens (tertiary/aromatic N) is 2. The third kappa shape index (κ3) is 1.91. The van der Waals surface area contributed by atoms with Crippen LogP contribution in [0.15, 0.2) is 18.2 Å². The topological polar surface area (TPSA) is 33.2 Å². The van der Waals surface area contributed by atoms with E-state index < -0.39 is 0 Å². The van der Waals surface area contributed by atoms with E-state index in [1.165, 1.54) is 5.56 Å². The summed E-state index contributed by atoms with van der Waals surface area (Å²) in [6, 6.07) is 6.11. The molecule has 1 unspecified atom stereocenters. The molecule has 2 aromatic rings. The number of hydrogen-bond acceptors (Lipinski definition) is 3. The number of thiazole rings is 1. The van der Waals surface area contributed by atoms with Crippen molar-refractivity contribution in [3.05, 3.63) is 23.8 Å². The molecule has 1 amide bonds.